The van der Waals surface area contributed by atoms with Crippen LogP contribution in [0.5, 0.6) is 5.75 Å². The normalized spacial score (nSPS) is 17.5. The van der Waals surface area contributed by atoms with Crippen molar-refractivity contribution in [1.29, 1.82) is 0 Å². The lowest BCUT2D eigenvalue weighted by Crippen LogP contribution is -2.33. The maximum atomic E-state index is 13.6. The van der Waals surface area contributed by atoms with Crippen molar-refractivity contribution in [3.63, 3.8) is 0 Å². The number of nitrogens with zero attached hydrogens (tertiary/aromatic N) is 6. The van der Waals surface area contributed by atoms with E-state index in [0.717, 1.165) is 59.1 Å². The predicted octanol–water partition coefficient (Wildman–Crippen LogP) is 5.12. The number of hydrogen-bond acceptors (Lipinski definition) is 6. The van der Waals surface area contributed by atoms with E-state index in [0.29, 0.717) is 12.4 Å². The standard InChI is InChI=1S/C27H25FN8O/c1-29-34-21-5-8-23(9-6-21)37-25-11-12-35-26(25)27(30-17-32-35)33-22-7-10-24-19(14-22)15-31-36(24)16-18-3-2-4-20(28)13-18/h2-4,7,10-15,17,21,23,34H,5-6,8-9,16H2,(H,30,32,33). The molecule has 0 spiro atoms. The van der Waals surface area contributed by atoms with E-state index in [4.69, 9.17) is 11.3 Å². The summed E-state index contributed by atoms with van der Waals surface area (Å²) >= 11 is 0. The molecule has 37 heavy (non-hydrogen) atoms. The van der Waals surface area contributed by atoms with Crippen molar-refractivity contribution in [3.05, 3.63) is 90.2 Å². The van der Waals surface area contributed by atoms with Crippen LogP contribution in [0.3, 0.4) is 0 Å². The van der Waals surface area contributed by atoms with E-state index >= 15 is 0 Å². The second kappa shape index (κ2) is 9.78. The largest absolute Gasteiger partial charge is 0.488 e. The second-order valence-electron chi connectivity index (χ2n) is 9.24. The number of halogens is 1. The molecule has 0 radical (unpaired) electrons. The van der Waals surface area contributed by atoms with Gasteiger partial charge in [-0.3, -0.25) is 4.68 Å². The predicted molar refractivity (Wildman–Crippen MR) is 138 cm³/mol. The molecular formula is C27H25FN8O. The van der Waals surface area contributed by atoms with Gasteiger partial charge in [-0.05, 0) is 61.6 Å². The van der Waals surface area contributed by atoms with Crippen molar-refractivity contribution in [3.8, 4) is 5.75 Å². The summed E-state index contributed by atoms with van der Waals surface area (Å²) in [5, 5.41) is 13.2. The molecule has 0 amide bonds. The molecule has 6 rings (SSSR count). The molecule has 10 heteroatoms. The summed E-state index contributed by atoms with van der Waals surface area (Å²) < 4.78 is 23.6. The minimum absolute atomic E-state index is 0.0864. The van der Waals surface area contributed by atoms with Gasteiger partial charge in [-0.15, -0.1) is 5.43 Å². The summed E-state index contributed by atoms with van der Waals surface area (Å²) in [6.07, 6.45) is 8.86. The molecule has 5 aromatic rings. The van der Waals surface area contributed by atoms with Gasteiger partial charge in [-0.2, -0.15) is 21.7 Å². The van der Waals surface area contributed by atoms with Gasteiger partial charge in [0.05, 0.1) is 30.4 Å². The van der Waals surface area contributed by atoms with Crippen LogP contribution < -0.4 is 15.5 Å². The third-order valence-corrected chi connectivity index (χ3v) is 6.76. The third-order valence-electron chi connectivity index (χ3n) is 6.76. The Bertz CT molecular complexity index is 1600. The van der Waals surface area contributed by atoms with Crippen molar-refractivity contribution in [2.24, 2.45) is 0 Å². The van der Waals surface area contributed by atoms with Gasteiger partial charge in [0.2, 0.25) is 0 Å². The SMILES string of the molecule is [C-]#[N+]NC1CCC(Oc2ccn3ncnc(Nc4ccc5c(cnn5Cc5cccc(F)c5)c4)c23)CC1. The zero-order chi connectivity index (χ0) is 25.2. The first-order chi connectivity index (χ1) is 18.2. The van der Waals surface area contributed by atoms with Crippen molar-refractivity contribution < 1.29 is 9.13 Å². The highest BCUT2D eigenvalue weighted by atomic mass is 19.1. The molecule has 0 atom stereocenters. The lowest BCUT2D eigenvalue weighted by molar-refractivity contribution is 0.144. The van der Waals surface area contributed by atoms with E-state index in [1.807, 2.05) is 41.2 Å². The summed E-state index contributed by atoms with van der Waals surface area (Å²) in [6.45, 7) is 7.48. The highest BCUT2D eigenvalue weighted by Gasteiger charge is 2.25. The number of hydrogen-bond donors (Lipinski definition) is 2. The molecule has 1 fully saturated rings. The number of aromatic nitrogens is 5. The number of nitrogens with one attached hydrogen (secondary N) is 2. The Hall–Kier alpha value is -4.65. The first-order valence-corrected chi connectivity index (χ1v) is 12.2. The molecule has 1 aliphatic rings. The number of ether oxygens (including phenoxy) is 1. The molecule has 2 aromatic carbocycles. The lowest BCUT2D eigenvalue weighted by Gasteiger charge is -2.26. The summed E-state index contributed by atoms with van der Waals surface area (Å²) in [4.78, 5) is 7.80. The van der Waals surface area contributed by atoms with Gasteiger partial charge in [-0.25, -0.2) is 13.9 Å². The fraction of sp³-hybridized carbons (Fsp3) is 0.259. The molecule has 2 N–H and O–H groups in total. The first kappa shape index (κ1) is 22.8. The quantitative estimate of drug-likeness (QED) is 0.240. The molecule has 0 bridgehead atoms. The zero-order valence-electron chi connectivity index (χ0n) is 20.0. The molecule has 9 nitrogen and oxygen atoms in total. The van der Waals surface area contributed by atoms with Gasteiger partial charge in [-0.1, -0.05) is 12.1 Å². The van der Waals surface area contributed by atoms with Crippen LogP contribution in [-0.4, -0.2) is 36.5 Å². The molecule has 186 valence electrons. The van der Waals surface area contributed by atoms with Gasteiger partial charge in [0.1, 0.15) is 17.7 Å². The van der Waals surface area contributed by atoms with Crippen LogP contribution in [0.1, 0.15) is 31.2 Å². The molecule has 0 unspecified atom stereocenters. The van der Waals surface area contributed by atoms with E-state index < -0.39 is 0 Å². The van der Waals surface area contributed by atoms with E-state index in [1.165, 1.54) is 18.5 Å². The monoisotopic (exact) mass is 496 g/mol. The molecule has 0 aliphatic heterocycles. The summed E-state index contributed by atoms with van der Waals surface area (Å²) in [7, 11) is 0. The minimum Gasteiger partial charge on any atom is -0.488 e. The van der Waals surface area contributed by atoms with Crippen molar-refractivity contribution in [2.75, 3.05) is 5.32 Å². The van der Waals surface area contributed by atoms with Crippen molar-refractivity contribution in [2.45, 2.75) is 44.4 Å². The Morgan fingerprint density at radius 2 is 1.97 bits per heavy atom. The molecule has 1 aliphatic carbocycles. The van der Waals surface area contributed by atoms with E-state index in [9.17, 15) is 4.39 Å². The average molecular weight is 497 g/mol. The smallest absolute Gasteiger partial charge is 0.162 e. The van der Waals surface area contributed by atoms with Gasteiger partial charge in [0.15, 0.2) is 11.6 Å². The molecular weight excluding hydrogens is 471 g/mol. The highest BCUT2D eigenvalue weighted by molar-refractivity contribution is 5.86. The van der Waals surface area contributed by atoms with Gasteiger partial charge in [0, 0.05) is 23.3 Å². The lowest BCUT2D eigenvalue weighted by atomic mass is 9.93. The Kier molecular flexibility index (Phi) is 6.02. The van der Waals surface area contributed by atoms with E-state index in [1.54, 1.807) is 16.8 Å². The van der Waals surface area contributed by atoms with Crippen LogP contribution >= 0.6 is 0 Å². The van der Waals surface area contributed by atoms with E-state index in [2.05, 4.69) is 30.9 Å². The Morgan fingerprint density at radius 3 is 2.81 bits per heavy atom. The third kappa shape index (κ3) is 4.76. The van der Waals surface area contributed by atoms with Crippen LogP contribution in [0.4, 0.5) is 15.9 Å². The summed E-state index contributed by atoms with van der Waals surface area (Å²) in [5.41, 5.74) is 6.28. The van der Waals surface area contributed by atoms with Crippen LogP contribution in [0.15, 0.2) is 67.3 Å². The topological polar surface area (TPSA) is 85.7 Å². The molecule has 3 aromatic heterocycles. The van der Waals surface area contributed by atoms with Gasteiger partial charge in [0.25, 0.3) is 0 Å². The van der Waals surface area contributed by atoms with Crippen molar-refractivity contribution in [1.82, 2.24) is 29.8 Å². The number of anilines is 2. The van der Waals surface area contributed by atoms with Crippen LogP contribution in [-0.2, 0) is 6.54 Å². The average Bonchev–Trinajstić information content (AvgIpc) is 3.50. The van der Waals surface area contributed by atoms with Gasteiger partial charge >= 0.3 is 0 Å². The molecule has 0 saturated heterocycles. The Balaban J connectivity index is 1.22. The first-order valence-electron chi connectivity index (χ1n) is 12.2. The Morgan fingerprint density at radius 1 is 1.08 bits per heavy atom. The Labute approximate surface area is 212 Å². The number of rotatable bonds is 7. The van der Waals surface area contributed by atoms with Crippen LogP contribution in [0.2, 0.25) is 0 Å². The zero-order valence-corrected chi connectivity index (χ0v) is 20.0. The number of benzene rings is 2. The minimum atomic E-state index is -0.255. The maximum absolute atomic E-state index is 13.6. The van der Waals surface area contributed by atoms with Gasteiger partial charge < -0.3 is 10.1 Å². The summed E-state index contributed by atoms with van der Waals surface area (Å²) in [5.74, 6) is 1.12. The highest BCUT2D eigenvalue weighted by Crippen LogP contribution is 2.32. The maximum Gasteiger partial charge on any atom is 0.162 e. The van der Waals surface area contributed by atoms with Crippen LogP contribution in [0, 0.1) is 12.4 Å². The van der Waals surface area contributed by atoms with Crippen LogP contribution in [0.25, 0.3) is 21.4 Å². The molecule has 3 heterocycles. The summed E-state index contributed by atoms with van der Waals surface area (Å²) in [6, 6.07) is 14.7. The molecule has 1 saturated carbocycles. The fourth-order valence-corrected chi connectivity index (χ4v) is 4.93. The van der Waals surface area contributed by atoms with Crippen molar-refractivity contribution >= 4 is 27.9 Å². The number of fused-ring (bicyclic) bond motifs is 2. The fourth-order valence-electron chi connectivity index (χ4n) is 4.93. The van der Waals surface area contributed by atoms with E-state index in [-0.39, 0.29) is 18.0 Å². The second-order valence-corrected chi connectivity index (χ2v) is 9.24.